The fourth-order valence-corrected chi connectivity index (χ4v) is 4.18. The Hall–Kier alpha value is -1.44. The van der Waals surface area contributed by atoms with E-state index in [-0.39, 0.29) is 11.2 Å². The van der Waals surface area contributed by atoms with Gasteiger partial charge in [0, 0.05) is 23.8 Å². The topological polar surface area (TPSA) is 34.1 Å². The Morgan fingerprint density at radius 3 is 2.47 bits per heavy atom. The molecule has 0 saturated heterocycles. The fourth-order valence-electron chi connectivity index (χ4n) is 4.18. The van der Waals surface area contributed by atoms with Crippen LogP contribution < -0.4 is 0 Å². The van der Waals surface area contributed by atoms with Crippen molar-refractivity contribution >= 4 is 11.6 Å². The molecule has 0 spiro atoms. The van der Waals surface area contributed by atoms with E-state index < -0.39 is 5.41 Å². The third-order valence-electron chi connectivity index (χ3n) is 5.70. The molecule has 19 heavy (non-hydrogen) atoms. The second-order valence-electron chi connectivity index (χ2n) is 6.63. The highest BCUT2D eigenvalue weighted by Gasteiger charge is 2.64. The molecule has 1 aromatic carbocycles. The van der Waals surface area contributed by atoms with Gasteiger partial charge in [-0.3, -0.25) is 9.59 Å². The first kappa shape index (κ1) is 12.6. The van der Waals surface area contributed by atoms with Gasteiger partial charge in [0.15, 0.2) is 5.78 Å². The first-order chi connectivity index (χ1) is 8.97. The van der Waals surface area contributed by atoms with Gasteiger partial charge in [-0.2, -0.15) is 0 Å². The molecule has 2 aliphatic rings. The molecule has 0 amide bonds. The average molecular weight is 256 g/mol. The van der Waals surface area contributed by atoms with Crippen LogP contribution in [-0.4, -0.2) is 11.6 Å². The minimum Gasteiger partial charge on any atom is -0.299 e. The molecule has 0 aromatic heterocycles. The van der Waals surface area contributed by atoms with Crippen LogP contribution in [0.2, 0.25) is 0 Å². The van der Waals surface area contributed by atoms with Gasteiger partial charge in [0.2, 0.25) is 0 Å². The van der Waals surface area contributed by atoms with Crippen molar-refractivity contribution in [2.75, 3.05) is 0 Å². The number of benzene rings is 1. The molecule has 0 heterocycles. The van der Waals surface area contributed by atoms with E-state index in [0.29, 0.717) is 24.5 Å². The van der Waals surface area contributed by atoms with E-state index in [4.69, 9.17) is 0 Å². The van der Waals surface area contributed by atoms with Gasteiger partial charge in [0.1, 0.15) is 5.78 Å². The third kappa shape index (κ3) is 1.62. The Morgan fingerprint density at radius 2 is 1.95 bits per heavy atom. The molecule has 0 aliphatic heterocycles. The van der Waals surface area contributed by atoms with Crippen LogP contribution in [0.25, 0.3) is 0 Å². The van der Waals surface area contributed by atoms with Crippen molar-refractivity contribution in [2.45, 2.75) is 39.5 Å². The van der Waals surface area contributed by atoms with Crippen LogP contribution in [0.4, 0.5) is 0 Å². The molecule has 2 unspecified atom stereocenters. The Bertz CT molecular complexity index is 529. The Labute approximate surface area is 114 Å². The zero-order valence-electron chi connectivity index (χ0n) is 11.6. The van der Waals surface area contributed by atoms with E-state index in [1.165, 1.54) is 0 Å². The highest BCUT2D eigenvalue weighted by molar-refractivity contribution is 6.01. The second-order valence-corrected chi connectivity index (χ2v) is 6.63. The van der Waals surface area contributed by atoms with Crippen molar-refractivity contribution in [1.82, 2.24) is 0 Å². The quantitative estimate of drug-likeness (QED) is 0.773. The van der Waals surface area contributed by atoms with Gasteiger partial charge in [-0.25, -0.2) is 0 Å². The molecule has 2 heteroatoms. The lowest BCUT2D eigenvalue weighted by atomic mass is 9.66. The number of Topliss-reactive ketones (excluding diaryl/α,β-unsaturated/α-hetero) is 2. The lowest BCUT2D eigenvalue weighted by molar-refractivity contribution is -0.129. The number of rotatable bonds is 3. The van der Waals surface area contributed by atoms with Crippen molar-refractivity contribution in [3.05, 3.63) is 35.9 Å². The molecule has 0 N–H and O–H groups in total. The summed E-state index contributed by atoms with van der Waals surface area (Å²) < 4.78 is 0. The molecule has 2 fully saturated rings. The summed E-state index contributed by atoms with van der Waals surface area (Å²) in [5.74, 6) is 0.908. The summed E-state index contributed by atoms with van der Waals surface area (Å²) in [4.78, 5) is 24.9. The molecule has 100 valence electrons. The zero-order chi connectivity index (χ0) is 13.7. The molecule has 2 bridgehead atoms. The molecule has 2 saturated carbocycles. The summed E-state index contributed by atoms with van der Waals surface area (Å²) in [6.45, 7) is 4.35. The van der Waals surface area contributed by atoms with Crippen molar-refractivity contribution in [3.8, 4) is 0 Å². The Morgan fingerprint density at radius 1 is 1.26 bits per heavy atom. The van der Waals surface area contributed by atoms with Crippen LogP contribution in [0.15, 0.2) is 30.3 Å². The second kappa shape index (κ2) is 4.03. The van der Waals surface area contributed by atoms with Gasteiger partial charge < -0.3 is 0 Å². The molecule has 3 rings (SSSR count). The van der Waals surface area contributed by atoms with Crippen LogP contribution >= 0.6 is 0 Å². The van der Waals surface area contributed by atoms with Gasteiger partial charge in [-0.15, -0.1) is 0 Å². The van der Waals surface area contributed by atoms with Crippen molar-refractivity contribution in [1.29, 1.82) is 0 Å². The SMILES string of the molecule is CC1(C)C2CCC1(CC(=O)c1ccccc1)C(=O)C2. The van der Waals surface area contributed by atoms with Crippen LogP contribution in [-0.2, 0) is 4.79 Å². The maximum atomic E-state index is 12.5. The molecular formula is C17H20O2. The lowest BCUT2D eigenvalue weighted by Gasteiger charge is -2.36. The van der Waals surface area contributed by atoms with Crippen molar-refractivity contribution in [3.63, 3.8) is 0 Å². The van der Waals surface area contributed by atoms with Crippen molar-refractivity contribution < 1.29 is 9.59 Å². The predicted octanol–water partition coefficient (Wildman–Crippen LogP) is 3.65. The van der Waals surface area contributed by atoms with E-state index in [1.54, 1.807) is 0 Å². The molecule has 0 radical (unpaired) electrons. The molecule has 2 atom stereocenters. The van der Waals surface area contributed by atoms with Gasteiger partial charge in [0.05, 0.1) is 0 Å². The number of carbonyl (C=O) groups is 2. The number of fused-ring (bicyclic) bond motifs is 2. The summed E-state index contributed by atoms with van der Waals surface area (Å²) >= 11 is 0. The largest absolute Gasteiger partial charge is 0.299 e. The Kier molecular flexibility index (Phi) is 2.67. The highest BCUT2D eigenvalue weighted by atomic mass is 16.1. The maximum absolute atomic E-state index is 12.5. The first-order valence-corrected chi connectivity index (χ1v) is 7.09. The molecule has 1 aromatic rings. The molecule has 2 aliphatic carbocycles. The summed E-state index contributed by atoms with van der Waals surface area (Å²) in [5, 5.41) is 0. The smallest absolute Gasteiger partial charge is 0.163 e. The lowest BCUT2D eigenvalue weighted by Crippen LogP contribution is -2.38. The number of hydrogen-bond donors (Lipinski definition) is 0. The van der Waals surface area contributed by atoms with E-state index in [1.807, 2.05) is 30.3 Å². The molecule has 2 nitrogen and oxygen atoms in total. The van der Waals surface area contributed by atoms with Crippen LogP contribution in [0, 0.1) is 16.7 Å². The Balaban J connectivity index is 1.90. The van der Waals surface area contributed by atoms with E-state index in [9.17, 15) is 9.59 Å². The van der Waals surface area contributed by atoms with Crippen LogP contribution in [0.3, 0.4) is 0 Å². The van der Waals surface area contributed by atoms with Crippen molar-refractivity contribution in [2.24, 2.45) is 16.7 Å². The molecular weight excluding hydrogens is 236 g/mol. The number of ketones is 2. The zero-order valence-corrected chi connectivity index (χ0v) is 11.6. The highest BCUT2D eigenvalue weighted by Crippen LogP contribution is 2.65. The van der Waals surface area contributed by atoms with Gasteiger partial charge >= 0.3 is 0 Å². The van der Waals surface area contributed by atoms with Gasteiger partial charge in [-0.05, 0) is 24.2 Å². The maximum Gasteiger partial charge on any atom is 0.163 e. The predicted molar refractivity (Wildman–Crippen MR) is 74.0 cm³/mol. The summed E-state index contributed by atoms with van der Waals surface area (Å²) in [6.07, 6.45) is 3.05. The number of carbonyl (C=O) groups excluding carboxylic acids is 2. The standard InChI is InChI=1S/C17H20O2/c1-16(2)13-8-9-17(16,15(19)10-13)11-14(18)12-6-4-3-5-7-12/h3-7,13H,8-11H2,1-2H3. The summed E-state index contributed by atoms with van der Waals surface area (Å²) in [7, 11) is 0. The average Bonchev–Trinajstić information content (AvgIpc) is 2.74. The summed E-state index contributed by atoms with van der Waals surface area (Å²) in [5.41, 5.74) is 0.315. The van der Waals surface area contributed by atoms with Crippen LogP contribution in [0.1, 0.15) is 49.9 Å². The van der Waals surface area contributed by atoms with Gasteiger partial charge in [0.25, 0.3) is 0 Å². The monoisotopic (exact) mass is 256 g/mol. The van der Waals surface area contributed by atoms with E-state index in [0.717, 1.165) is 18.4 Å². The van der Waals surface area contributed by atoms with Crippen LogP contribution in [0.5, 0.6) is 0 Å². The van der Waals surface area contributed by atoms with Gasteiger partial charge in [-0.1, -0.05) is 44.2 Å². The first-order valence-electron chi connectivity index (χ1n) is 7.09. The fraction of sp³-hybridized carbons (Fsp3) is 0.529. The third-order valence-corrected chi connectivity index (χ3v) is 5.70. The minimum absolute atomic E-state index is 0.0193. The summed E-state index contributed by atoms with van der Waals surface area (Å²) in [6, 6.07) is 9.36. The normalized spacial score (nSPS) is 31.7. The van der Waals surface area contributed by atoms with E-state index >= 15 is 0 Å². The minimum atomic E-state index is -0.398. The number of hydrogen-bond acceptors (Lipinski definition) is 2. The van der Waals surface area contributed by atoms with E-state index in [2.05, 4.69) is 13.8 Å².